The summed E-state index contributed by atoms with van der Waals surface area (Å²) in [4.78, 5) is 16.6. The molecule has 2 aliphatic heterocycles. The van der Waals surface area contributed by atoms with Crippen molar-refractivity contribution in [1.82, 2.24) is 19.8 Å². The Morgan fingerprint density at radius 1 is 0.929 bits per heavy atom. The summed E-state index contributed by atoms with van der Waals surface area (Å²) in [7, 11) is 0. The maximum Gasteiger partial charge on any atom is 0.131 e. The van der Waals surface area contributed by atoms with Crippen molar-refractivity contribution in [3.05, 3.63) is 53.9 Å². The Bertz CT molecular complexity index is 776. The van der Waals surface area contributed by atoms with Gasteiger partial charge in [-0.25, -0.2) is 14.4 Å². The minimum atomic E-state index is -0.167. The van der Waals surface area contributed by atoms with Crippen LogP contribution in [0.5, 0.6) is 0 Å². The molecule has 0 bridgehead atoms. The van der Waals surface area contributed by atoms with Crippen molar-refractivity contribution in [1.29, 1.82) is 0 Å². The number of benzene rings is 1. The lowest BCUT2D eigenvalue weighted by molar-refractivity contribution is 0.0255. The summed E-state index contributed by atoms with van der Waals surface area (Å²) >= 11 is 0. The molecule has 2 saturated heterocycles. The molecule has 2 aromatic rings. The molecular weight excluding hydrogens is 353 g/mol. The van der Waals surface area contributed by atoms with Crippen molar-refractivity contribution in [2.45, 2.75) is 37.8 Å². The van der Waals surface area contributed by atoms with E-state index in [9.17, 15) is 4.39 Å². The standard InChI is InChI=1S/C22H28FN5/c23-19-4-6-20(7-5-19)27-8-10-28(11-9-27)21-15-26(16-21)14-17-12-24-22(25-13-17)18-2-1-3-18/h4-7,12-13,18,21H,1-3,8-11,14-16H2. The van der Waals surface area contributed by atoms with Crippen LogP contribution in [-0.2, 0) is 6.54 Å². The number of hydrogen-bond donors (Lipinski definition) is 0. The lowest BCUT2D eigenvalue weighted by atomic mass is 9.85. The van der Waals surface area contributed by atoms with Gasteiger partial charge in [0.15, 0.2) is 0 Å². The molecule has 1 saturated carbocycles. The van der Waals surface area contributed by atoms with E-state index in [0.717, 1.165) is 57.3 Å². The van der Waals surface area contributed by atoms with E-state index in [4.69, 9.17) is 0 Å². The number of aromatic nitrogens is 2. The van der Waals surface area contributed by atoms with E-state index < -0.39 is 0 Å². The quantitative estimate of drug-likeness (QED) is 0.796. The molecule has 3 fully saturated rings. The highest BCUT2D eigenvalue weighted by molar-refractivity contribution is 5.46. The molecule has 0 unspecified atom stereocenters. The van der Waals surface area contributed by atoms with E-state index in [1.165, 1.54) is 24.8 Å². The third-order valence-corrected chi connectivity index (χ3v) is 6.56. The fourth-order valence-electron chi connectivity index (χ4n) is 4.48. The van der Waals surface area contributed by atoms with Gasteiger partial charge in [-0.15, -0.1) is 0 Å². The fraction of sp³-hybridized carbons (Fsp3) is 0.545. The summed E-state index contributed by atoms with van der Waals surface area (Å²) in [6, 6.07) is 7.52. The number of likely N-dealkylation sites (tertiary alicyclic amines) is 1. The summed E-state index contributed by atoms with van der Waals surface area (Å²) in [5.41, 5.74) is 2.35. The van der Waals surface area contributed by atoms with Gasteiger partial charge in [-0.3, -0.25) is 9.80 Å². The SMILES string of the molecule is Fc1ccc(N2CCN(C3CN(Cc4cnc(C5CCC5)nc4)C3)CC2)cc1. The molecule has 0 N–H and O–H groups in total. The van der Waals surface area contributed by atoms with Gasteiger partial charge in [0.05, 0.1) is 0 Å². The van der Waals surface area contributed by atoms with Gasteiger partial charge in [0.1, 0.15) is 11.6 Å². The van der Waals surface area contributed by atoms with Crippen molar-refractivity contribution < 1.29 is 4.39 Å². The number of halogens is 1. The number of rotatable bonds is 5. The van der Waals surface area contributed by atoms with Crippen molar-refractivity contribution in [2.24, 2.45) is 0 Å². The Hall–Kier alpha value is -2.05. The molecule has 5 rings (SSSR count). The van der Waals surface area contributed by atoms with Crippen LogP contribution in [0.15, 0.2) is 36.7 Å². The highest BCUT2D eigenvalue weighted by atomic mass is 19.1. The van der Waals surface area contributed by atoms with Gasteiger partial charge in [0.25, 0.3) is 0 Å². The van der Waals surface area contributed by atoms with Crippen LogP contribution in [0.4, 0.5) is 10.1 Å². The monoisotopic (exact) mass is 381 g/mol. The molecule has 1 aromatic carbocycles. The van der Waals surface area contributed by atoms with Crippen LogP contribution < -0.4 is 4.90 Å². The van der Waals surface area contributed by atoms with Crippen LogP contribution in [-0.4, -0.2) is 65.1 Å². The van der Waals surface area contributed by atoms with E-state index in [0.29, 0.717) is 12.0 Å². The second-order valence-corrected chi connectivity index (χ2v) is 8.42. The second kappa shape index (κ2) is 7.76. The Labute approximate surface area is 166 Å². The van der Waals surface area contributed by atoms with Gasteiger partial charge in [-0.2, -0.15) is 0 Å². The minimum Gasteiger partial charge on any atom is -0.369 e. The van der Waals surface area contributed by atoms with Crippen molar-refractivity contribution >= 4 is 5.69 Å². The molecule has 3 heterocycles. The number of piperazine rings is 1. The summed E-state index contributed by atoms with van der Waals surface area (Å²) in [5.74, 6) is 1.48. The predicted octanol–water partition coefficient (Wildman–Crippen LogP) is 2.89. The first-order valence-electron chi connectivity index (χ1n) is 10.5. The number of nitrogens with zero attached hydrogens (tertiary/aromatic N) is 5. The average molecular weight is 381 g/mol. The van der Waals surface area contributed by atoms with Crippen LogP contribution in [0.25, 0.3) is 0 Å². The fourth-order valence-corrected chi connectivity index (χ4v) is 4.48. The summed E-state index contributed by atoms with van der Waals surface area (Å²) in [6.07, 6.45) is 7.87. The Morgan fingerprint density at radius 3 is 2.21 bits per heavy atom. The van der Waals surface area contributed by atoms with E-state index >= 15 is 0 Å². The summed E-state index contributed by atoms with van der Waals surface area (Å²) in [6.45, 7) is 7.39. The molecule has 1 aromatic heterocycles. The molecule has 0 radical (unpaired) electrons. The molecule has 28 heavy (non-hydrogen) atoms. The molecule has 1 aliphatic carbocycles. The zero-order valence-corrected chi connectivity index (χ0v) is 16.3. The number of hydrogen-bond acceptors (Lipinski definition) is 5. The molecule has 5 nitrogen and oxygen atoms in total. The van der Waals surface area contributed by atoms with Gasteiger partial charge >= 0.3 is 0 Å². The summed E-state index contributed by atoms with van der Waals surface area (Å²) in [5, 5.41) is 0. The second-order valence-electron chi connectivity index (χ2n) is 8.42. The Balaban J connectivity index is 1.06. The molecule has 3 aliphatic rings. The first kappa shape index (κ1) is 18.0. The molecule has 0 atom stereocenters. The van der Waals surface area contributed by atoms with Crippen molar-refractivity contribution in [3.63, 3.8) is 0 Å². The van der Waals surface area contributed by atoms with Gasteiger partial charge in [-0.05, 0) is 37.1 Å². The highest BCUT2D eigenvalue weighted by Crippen LogP contribution is 2.34. The predicted molar refractivity (Wildman–Crippen MR) is 108 cm³/mol. The largest absolute Gasteiger partial charge is 0.369 e. The summed E-state index contributed by atoms with van der Waals surface area (Å²) < 4.78 is 13.1. The molecular formula is C22H28FN5. The van der Waals surface area contributed by atoms with E-state index in [1.54, 1.807) is 12.1 Å². The third kappa shape index (κ3) is 3.76. The van der Waals surface area contributed by atoms with Gasteiger partial charge in [0.2, 0.25) is 0 Å². The lowest BCUT2D eigenvalue weighted by Gasteiger charge is -2.48. The van der Waals surface area contributed by atoms with E-state index in [2.05, 4.69) is 24.7 Å². The van der Waals surface area contributed by atoms with Crippen molar-refractivity contribution in [3.8, 4) is 0 Å². The van der Waals surface area contributed by atoms with Crippen LogP contribution in [0, 0.1) is 5.82 Å². The van der Waals surface area contributed by atoms with Gasteiger partial charge in [-0.1, -0.05) is 6.42 Å². The van der Waals surface area contributed by atoms with Crippen LogP contribution in [0.2, 0.25) is 0 Å². The van der Waals surface area contributed by atoms with Crippen LogP contribution in [0.3, 0.4) is 0 Å². The lowest BCUT2D eigenvalue weighted by Crippen LogP contribution is -2.62. The number of anilines is 1. The Morgan fingerprint density at radius 2 is 1.61 bits per heavy atom. The average Bonchev–Trinajstić information content (AvgIpc) is 2.65. The first-order valence-corrected chi connectivity index (χ1v) is 10.5. The highest BCUT2D eigenvalue weighted by Gasteiger charge is 2.33. The van der Waals surface area contributed by atoms with E-state index in [1.807, 2.05) is 24.5 Å². The van der Waals surface area contributed by atoms with Gasteiger partial charge in [0, 0.05) is 81.4 Å². The first-order chi connectivity index (χ1) is 13.7. The zero-order chi connectivity index (χ0) is 18.9. The van der Waals surface area contributed by atoms with Crippen molar-refractivity contribution in [2.75, 3.05) is 44.2 Å². The maximum atomic E-state index is 13.1. The van der Waals surface area contributed by atoms with Gasteiger partial charge < -0.3 is 4.90 Å². The maximum absolute atomic E-state index is 13.1. The van der Waals surface area contributed by atoms with Crippen LogP contribution >= 0.6 is 0 Å². The van der Waals surface area contributed by atoms with Crippen LogP contribution in [0.1, 0.15) is 36.6 Å². The zero-order valence-electron chi connectivity index (χ0n) is 16.3. The topological polar surface area (TPSA) is 35.5 Å². The Kier molecular flexibility index (Phi) is 4.99. The molecule has 0 amide bonds. The normalized spacial score (nSPS) is 22.1. The smallest absolute Gasteiger partial charge is 0.131 e. The molecule has 6 heteroatoms. The minimum absolute atomic E-state index is 0.167. The third-order valence-electron chi connectivity index (χ3n) is 6.56. The molecule has 148 valence electrons. The van der Waals surface area contributed by atoms with E-state index in [-0.39, 0.29) is 5.82 Å². The molecule has 0 spiro atoms.